The van der Waals surface area contributed by atoms with Crippen molar-refractivity contribution in [3.05, 3.63) is 34.9 Å². The van der Waals surface area contributed by atoms with Crippen LogP contribution in [-0.4, -0.2) is 19.1 Å². The molecule has 1 aromatic carbocycles. The fraction of sp³-hybridized carbons (Fsp3) is 0.385. The SMILES string of the molecule is Cc1c(NN(C)C)ccc2c1CCC=C2. The van der Waals surface area contributed by atoms with Gasteiger partial charge in [-0.05, 0) is 42.5 Å². The van der Waals surface area contributed by atoms with Crippen molar-refractivity contribution in [1.29, 1.82) is 0 Å². The van der Waals surface area contributed by atoms with E-state index in [1.807, 2.05) is 19.1 Å². The van der Waals surface area contributed by atoms with Gasteiger partial charge in [0, 0.05) is 14.1 Å². The maximum absolute atomic E-state index is 3.33. The average Bonchev–Trinajstić information content (AvgIpc) is 2.22. The summed E-state index contributed by atoms with van der Waals surface area (Å²) in [6.07, 6.45) is 6.81. The number of hydrazine groups is 1. The molecule has 1 N–H and O–H groups in total. The van der Waals surface area contributed by atoms with Gasteiger partial charge in [0.1, 0.15) is 0 Å². The first kappa shape index (κ1) is 10.2. The molecule has 1 aliphatic rings. The van der Waals surface area contributed by atoms with Crippen LogP contribution in [0, 0.1) is 6.92 Å². The van der Waals surface area contributed by atoms with Crippen LogP contribution >= 0.6 is 0 Å². The first-order chi connectivity index (χ1) is 7.18. The molecule has 0 fully saturated rings. The molecule has 2 rings (SSSR count). The molecule has 0 radical (unpaired) electrons. The number of rotatable bonds is 2. The molecule has 0 unspecified atom stereocenters. The summed E-state index contributed by atoms with van der Waals surface area (Å²) in [6, 6.07) is 4.35. The van der Waals surface area contributed by atoms with Crippen LogP contribution in [0.25, 0.3) is 6.08 Å². The van der Waals surface area contributed by atoms with Crippen LogP contribution in [0.5, 0.6) is 0 Å². The second-order valence-corrected chi connectivity index (χ2v) is 4.25. The van der Waals surface area contributed by atoms with E-state index in [0.717, 1.165) is 0 Å². The molecule has 0 saturated carbocycles. The van der Waals surface area contributed by atoms with E-state index >= 15 is 0 Å². The molecule has 1 aliphatic carbocycles. The zero-order chi connectivity index (χ0) is 10.8. The highest BCUT2D eigenvalue weighted by atomic mass is 15.5. The van der Waals surface area contributed by atoms with Crippen LogP contribution in [0.15, 0.2) is 18.2 Å². The number of hydrogen-bond acceptors (Lipinski definition) is 2. The minimum atomic E-state index is 1.17. The van der Waals surface area contributed by atoms with E-state index in [9.17, 15) is 0 Å². The zero-order valence-electron chi connectivity index (χ0n) is 9.67. The number of anilines is 1. The highest BCUT2D eigenvalue weighted by Gasteiger charge is 2.10. The molecule has 0 saturated heterocycles. The Labute approximate surface area is 91.6 Å². The topological polar surface area (TPSA) is 15.3 Å². The van der Waals surface area contributed by atoms with E-state index < -0.39 is 0 Å². The average molecular weight is 202 g/mol. The minimum Gasteiger partial charge on any atom is -0.319 e. The largest absolute Gasteiger partial charge is 0.319 e. The standard InChI is InChI=1S/C13H18N2/c1-10-12-7-5-4-6-11(12)8-9-13(10)14-15(2)3/h4,6,8-9,14H,5,7H2,1-3H3. The molecule has 0 bridgehead atoms. The summed E-state index contributed by atoms with van der Waals surface area (Å²) >= 11 is 0. The fourth-order valence-electron chi connectivity index (χ4n) is 2.07. The summed E-state index contributed by atoms with van der Waals surface area (Å²) in [5.74, 6) is 0. The summed E-state index contributed by atoms with van der Waals surface area (Å²) < 4.78 is 0. The van der Waals surface area contributed by atoms with Crippen molar-refractivity contribution in [2.45, 2.75) is 19.8 Å². The van der Waals surface area contributed by atoms with Crippen LogP contribution in [0.4, 0.5) is 5.69 Å². The maximum atomic E-state index is 3.33. The number of allylic oxidation sites excluding steroid dienone is 1. The summed E-state index contributed by atoms with van der Waals surface area (Å²) in [4.78, 5) is 0. The van der Waals surface area contributed by atoms with Gasteiger partial charge in [-0.3, -0.25) is 0 Å². The lowest BCUT2D eigenvalue weighted by Gasteiger charge is -2.20. The lowest BCUT2D eigenvalue weighted by atomic mass is 9.92. The smallest absolute Gasteiger partial charge is 0.0522 e. The van der Waals surface area contributed by atoms with Gasteiger partial charge < -0.3 is 5.43 Å². The van der Waals surface area contributed by atoms with Gasteiger partial charge in [0.25, 0.3) is 0 Å². The Kier molecular flexibility index (Phi) is 2.78. The first-order valence-corrected chi connectivity index (χ1v) is 5.41. The fourth-order valence-corrected chi connectivity index (χ4v) is 2.07. The molecule has 2 nitrogen and oxygen atoms in total. The summed E-state index contributed by atoms with van der Waals surface area (Å²) in [5.41, 5.74) is 8.80. The van der Waals surface area contributed by atoms with Gasteiger partial charge in [-0.25, -0.2) is 5.01 Å². The van der Waals surface area contributed by atoms with E-state index in [0.29, 0.717) is 0 Å². The van der Waals surface area contributed by atoms with Crippen LogP contribution in [-0.2, 0) is 6.42 Å². The van der Waals surface area contributed by atoms with Crippen LogP contribution in [0.3, 0.4) is 0 Å². The number of benzene rings is 1. The molecule has 0 spiro atoms. The molecule has 2 heteroatoms. The Morgan fingerprint density at radius 3 is 2.80 bits per heavy atom. The van der Waals surface area contributed by atoms with Crippen molar-refractivity contribution in [3.8, 4) is 0 Å². The van der Waals surface area contributed by atoms with Gasteiger partial charge >= 0.3 is 0 Å². The Hall–Kier alpha value is -1.28. The highest BCUT2D eigenvalue weighted by molar-refractivity contribution is 5.65. The van der Waals surface area contributed by atoms with Gasteiger partial charge in [-0.2, -0.15) is 0 Å². The van der Waals surface area contributed by atoms with Crippen molar-refractivity contribution >= 4 is 11.8 Å². The third-order valence-corrected chi connectivity index (χ3v) is 2.84. The lowest BCUT2D eigenvalue weighted by Crippen LogP contribution is -2.20. The van der Waals surface area contributed by atoms with Crippen LogP contribution in [0.2, 0.25) is 0 Å². The van der Waals surface area contributed by atoms with Crippen molar-refractivity contribution < 1.29 is 0 Å². The molecular weight excluding hydrogens is 184 g/mol. The van der Waals surface area contributed by atoms with Crippen molar-refractivity contribution in [1.82, 2.24) is 5.01 Å². The molecule has 0 atom stereocenters. The van der Waals surface area contributed by atoms with E-state index in [-0.39, 0.29) is 0 Å². The Balaban J connectivity index is 2.39. The van der Waals surface area contributed by atoms with Crippen LogP contribution < -0.4 is 5.43 Å². The van der Waals surface area contributed by atoms with Crippen molar-refractivity contribution in [3.63, 3.8) is 0 Å². The highest BCUT2D eigenvalue weighted by Crippen LogP contribution is 2.27. The molecule has 0 aromatic heterocycles. The van der Waals surface area contributed by atoms with Crippen LogP contribution in [0.1, 0.15) is 23.1 Å². The number of nitrogens with zero attached hydrogens (tertiary/aromatic N) is 1. The summed E-state index contributed by atoms with van der Waals surface area (Å²) in [6.45, 7) is 2.20. The third-order valence-electron chi connectivity index (χ3n) is 2.84. The van der Waals surface area contributed by atoms with Gasteiger partial charge in [0.2, 0.25) is 0 Å². The lowest BCUT2D eigenvalue weighted by molar-refractivity contribution is 0.494. The maximum Gasteiger partial charge on any atom is 0.0522 e. The molecule has 0 amide bonds. The minimum absolute atomic E-state index is 1.17. The van der Waals surface area contributed by atoms with E-state index in [4.69, 9.17) is 0 Å². The molecule has 1 aromatic rings. The van der Waals surface area contributed by atoms with Gasteiger partial charge in [-0.1, -0.05) is 18.2 Å². The van der Waals surface area contributed by atoms with E-state index in [1.54, 1.807) is 0 Å². The third kappa shape index (κ3) is 2.05. The van der Waals surface area contributed by atoms with Gasteiger partial charge in [0.05, 0.1) is 5.69 Å². The predicted octanol–water partition coefficient (Wildman–Crippen LogP) is 2.84. The molecule has 80 valence electrons. The summed E-state index contributed by atoms with van der Waals surface area (Å²) in [5, 5.41) is 1.98. The molecule has 15 heavy (non-hydrogen) atoms. The van der Waals surface area contributed by atoms with Gasteiger partial charge in [-0.15, -0.1) is 0 Å². The molecule has 0 heterocycles. The number of hydrogen-bond donors (Lipinski definition) is 1. The second kappa shape index (κ2) is 4.07. The second-order valence-electron chi connectivity index (χ2n) is 4.25. The Bertz CT molecular complexity index is 392. The molecule has 0 aliphatic heterocycles. The van der Waals surface area contributed by atoms with E-state index in [2.05, 4.69) is 36.6 Å². The zero-order valence-corrected chi connectivity index (χ0v) is 9.67. The van der Waals surface area contributed by atoms with Crippen molar-refractivity contribution in [2.24, 2.45) is 0 Å². The quantitative estimate of drug-likeness (QED) is 0.742. The van der Waals surface area contributed by atoms with E-state index in [1.165, 1.54) is 35.2 Å². The summed E-state index contributed by atoms with van der Waals surface area (Å²) in [7, 11) is 4.03. The first-order valence-electron chi connectivity index (χ1n) is 5.41. The van der Waals surface area contributed by atoms with Gasteiger partial charge in [0.15, 0.2) is 0 Å². The predicted molar refractivity (Wildman–Crippen MR) is 65.8 cm³/mol. The number of nitrogens with one attached hydrogen (secondary N) is 1. The van der Waals surface area contributed by atoms with Crippen molar-refractivity contribution in [2.75, 3.05) is 19.5 Å². The molecular formula is C13H18N2. The monoisotopic (exact) mass is 202 g/mol. The Morgan fingerprint density at radius 2 is 2.07 bits per heavy atom. The number of fused-ring (bicyclic) bond motifs is 1. The Morgan fingerprint density at radius 1 is 1.27 bits per heavy atom. The normalized spacial score (nSPS) is 14.1.